The maximum Gasteiger partial charge on any atom is 0.333 e. The van der Waals surface area contributed by atoms with Crippen LogP contribution in [0.1, 0.15) is 18.2 Å². The average Bonchev–Trinajstić information content (AvgIpc) is 3.57. The first-order valence-corrected chi connectivity index (χ1v) is 9.90. The lowest BCUT2D eigenvalue weighted by Gasteiger charge is -2.11. The van der Waals surface area contributed by atoms with Crippen LogP contribution in [0.25, 0.3) is 22.9 Å². The van der Waals surface area contributed by atoms with Gasteiger partial charge in [-0.15, -0.1) is 5.10 Å². The van der Waals surface area contributed by atoms with Gasteiger partial charge in [-0.3, -0.25) is 10.1 Å². The van der Waals surface area contributed by atoms with Gasteiger partial charge in [-0.1, -0.05) is 19.1 Å². The molecule has 0 bridgehead atoms. The van der Waals surface area contributed by atoms with E-state index in [9.17, 15) is 10.1 Å². The summed E-state index contributed by atoms with van der Waals surface area (Å²) in [6.45, 7) is 2.47. The molecular formula is C20H18N10O2. The van der Waals surface area contributed by atoms with Crippen LogP contribution in [-0.2, 0) is 13.0 Å². The first-order chi connectivity index (χ1) is 15.6. The summed E-state index contributed by atoms with van der Waals surface area (Å²) < 4.78 is 3.45. The summed E-state index contributed by atoms with van der Waals surface area (Å²) in [6, 6.07) is 13.7. The van der Waals surface area contributed by atoms with Crippen molar-refractivity contribution in [1.82, 2.24) is 39.8 Å². The van der Waals surface area contributed by atoms with Crippen LogP contribution >= 0.6 is 0 Å². The predicted octanol–water partition coefficient (Wildman–Crippen LogP) is 2.78. The third kappa shape index (κ3) is 3.43. The Kier molecular flexibility index (Phi) is 4.78. The smallest absolute Gasteiger partial charge is 0.333 e. The summed E-state index contributed by atoms with van der Waals surface area (Å²) in [5.74, 6) is 1.23. The van der Waals surface area contributed by atoms with Gasteiger partial charge >= 0.3 is 5.69 Å². The summed E-state index contributed by atoms with van der Waals surface area (Å²) in [4.78, 5) is 15.2. The highest BCUT2D eigenvalue weighted by molar-refractivity contribution is 5.62. The number of nitrogens with zero attached hydrogens (tertiary/aromatic N) is 8. The van der Waals surface area contributed by atoms with Crippen molar-refractivity contribution in [2.24, 2.45) is 0 Å². The molecule has 0 fully saturated rings. The lowest BCUT2D eigenvalue weighted by Crippen LogP contribution is -2.08. The number of rotatable bonds is 7. The van der Waals surface area contributed by atoms with Crippen molar-refractivity contribution < 1.29 is 4.92 Å². The molecule has 0 atom stereocenters. The number of anilines is 1. The molecule has 0 radical (unpaired) electrons. The van der Waals surface area contributed by atoms with Gasteiger partial charge in [0.15, 0.2) is 5.82 Å². The Balaban J connectivity index is 1.38. The second kappa shape index (κ2) is 7.91. The SMILES string of the molecule is CCc1cc(NCc2ccc(-n3cccc3-c3nnn[nH]3)cc2)n2ncc([N+](=O)[O-])c2n1. The van der Waals surface area contributed by atoms with Crippen molar-refractivity contribution >= 4 is 17.2 Å². The second-order valence-electron chi connectivity index (χ2n) is 7.04. The van der Waals surface area contributed by atoms with Crippen LogP contribution in [-0.4, -0.2) is 44.7 Å². The Morgan fingerprint density at radius 1 is 1.22 bits per heavy atom. The Bertz CT molecular complexity index is 1390. The molecule has 5 aromatic rings. The quantitative estimate of drug-likeness (QED) is 0.296. The Morgan fingerprint density at radius 2 is 2.06 bits per heavy atom. The maximum atomic E-state index is 11.3. The van der Waals surface area contributed by atoms with Gasteiger partial charge in [-0.25, -0.2) is 10.1 Å². The van der Waals surface area contributed by atoms with E-state index in [1.54, 1.807) is 0 Å². The molecule has 160 valence electrons. The molecule has 12 heteroatoms. The zero-order valence-corrected chi connectivity index (χ0v) is 17.0. The summed E-state index contributed by atoms with van der Waals surface area (Å²) in [5.41, 5.74) is 3.72. The average molecular weight is 430 g/mol. The van der Waals surface area contributed by atoms with E-state index >= 15 is 0 Å². The first-order valence-electron chi connectivity index (χ1n) is 9.90. The van der Waals surface area contributed by atoms with Crippen LogP contribution in [0.5, 0.6) is 0 Å². The number of H-pyrrole nitrogens is 1. The highest BCUT2D eigenvalue weighted by Gasteiger charge is 2.19. The van der Waals surface area contributed by atoms with E-state index in [-0.39, 0.29) is 11.3 Å². The maximum absolute atomic E-state index is 11.3. The molecule has 4 heterocycles. The van der Waals surface area contributed by atoms with E-state index in [2.05, 4.69) is 36.0 Å². The number of tetrazole rings is 1. The van der Waals surface area contributed by atoms with Crippen molar-refractivity contribution in [3.8, 4) is 17.2 Å². The topological polar surface area (TPSA) is 145 Å². The molecule has 0 unspecified atom stereocenters. The first kappa shape index (κ1) is 19.4. The van der Waals surface area contributed by atoms with Gasteiger partial charge in [0.05, 0.1) is 10.6 Å². The zero-order valence-electron chi connectivity index (χ0n) is 17.0. The highest BCUT2D eigenvalue weighted by atomic mass is 16.6. The van der Waals surface area contributed by atoms with E-state index in [0.29, 0.717) is 24.6 Å². The van der Waals surface area contributed by atoms with E-state index in [4.69, 9.17) is 0 Å². The third-order valence-electron chi connectivity index (χ3n) is 5.09. The van der Waals surface area contributed by atoms with Crippen molar-refractivity contribution in [3.05, 3.63) is 76.2 Å². The van der Waals surface area contributed by atoms with Crippen LogP contribution < -0.4 is 5.32 Å². The minimum atomic E-state index is -0.471. The van der Waals surface area contributed by atoms with Gasteiger partial charge in [0, 0.05) is 30.2 Å². The molecule has 32 heavy (non-hydrogen) atoms. The normalized spacial score (nSPS) is 11.2. The number of aromatic nitrogens is 8. The van der Waals surface area contributed by atoms with Crippen molar-refractivity contribution in [3.63, 3.8) is 0 Å². The van der Waals surface area contributed by atoms with E-state index in [1.165, 1.54) is 10.7 Å². The number of hydrogen-bond acceptors (Lipinski definition) is 8. The fourth-order valence-electron chi connectivity index (χ4n) is 3.47. The Morgan fingerprint density at radius 3 is 2.78 bits per heavy atom. The zero-order chi connectivity index (χ0) is 22.1. The molecule has 5 rings (SSSR count). The summed E-state index contributed by atoms with van der Waals surface area (Å²) in [5, 5.41) is 32.7. The molecule has 0 aliphatic heterocycles. The van der Waals surface area contributed by atoms with Crippen LogP contribution in [0, 0.1) is 10.1 Å². The van der Waals surface area contributed by atoms with Gasteiger partial charge in [0.25, 0.3) is 0 Å². The van der Waals surface area contributed by atoms with Gasteiger partial charge in [-0.05, 0) is 46.7 Å². The third-order valence-corrected chi connectivity index (χ3v) is 5.09. The number of nitro groups is 1. The van der Waals surface area contributed by atoms with Gasteiger partial charge in [-0.2, -0.15) is 9.61 Å². The van der Waals surface area contributed by atoms with Crippen molar-refractivity contribution in [2.75, 3.05) is 5.32 Å². The Hall–Kier alpha value is -4.61. The van der Waals surface area contributed by atoms with Crippen LogP contribution in [0.4, 0.5) is 11.5 Å². The number of aromatic amines is 1. The predicted molar refractivity (Wildman–Crippen MR) is 115 cm³/mol. The van der Waals surface area contributed by atoms with Gasteiger partial charge < -0.3 is 9.88 Å². The van der Waals surface area contributed by atoms with Crippen molar-refractivity contribution in [2.45, 2.75) is 19.9 Å². The van der Waals surface area contributed by atoms with E-state index < -0.39 is 4.92 Å². The number of nitrogens with one attached hydrogen (secondary N) is 2. The number of hydrogen-bond donors (Lipinski definition) is 2. The van der Waals surface area contributed by atoms with Crippen molar-refractivity contribution in [1.29, 1.82) is 0 Å². The monoisotopic (exact) mass is 430 g/mol. The molecule has 0 aliphatic carbocycles. The fraction of sp³-hybridized carbons (Fsp3) is 0.150. The molecule has 0 aliphatic rings. The van der Waals surface area contributed by atoms with Crippen LogP contribution in [0.3, 0.4) is 0 Å². The lowest BCUT2D eigenvalue weighted by molar-refractivity contribution is -0.383. The molecular weight excluding hydrogens is 412 g/mol. The molecule has 1 aromatic carbocycles. The van der Waals surface area contributed by atoms with Crippen LogP contribution in [0.2, 0.25) is 0 Å². The summed E-state index contributed by atoms with van der Waals surface area (Å²) in [7, 11) is 0. The molecule has 0 saturated heterocycles. The highest BCUT2D eigenvalue weighted by Crippen LogP contribution is 2.23. The number of benzene rings is 1. The van der Waals surface area contributed by atoms with E-state index in [0.717, 1.165) is 22.6 Å². The standard InChI is InChI=1S/C20H18N10O2/c1-2-14-10-18(29-20(23-14)17(12-22-29)30(31)32)21-11-13-5-7-15(8-6-13)28-9-3-4-16(28)19-24-26-27-25-19/h3-10,12,21H,2,11H2,1H3,(H,24,25,26,27). The van der Waals surface area contributed by atoms with E-state index in [1.807, 2.05) is 60.2 Å². The number of aryl methyl sites for hydroxylation is 1. The largest absolute Gasteiger partial charge is 0.366 e. The molecule has 0 spiro atoms. The molecule has 0 saturated carbocycles. The van der Waals surface area contributed by atoms with Crippen LogP contribution in [0.15, 0.2) is 54.9 Å². The molecule has 2 N–H and O–H groups in total. The minimum Gasteiger partial charge on any atom is -0.366 e. The fourth-order valence-corrected chi connectivity index (χ4v) is 3.47. The van der Waals surface area contributed by atoms with Gasteiger partial charge in [0.2, 0.25) is 5.65 Å². The molecule has 12 nitrogen and oxygen atoms in total. The minimum absolute atomic E-state index is 0.114. The molecule has 0 amide bonds. The molecule has 4 aromatic heterocycles. The summed E-state index contributed by atoms with van der Waals surface area (Å²) in [6.07, 6.45) is 3.82. The number of fused-ring (bicyclic) bond motifs is 1. The Labute approximate surface area is 181 Å². The second-order valence-corrected chi connectivity index (χ2v) is 7.04. The lowest BCUT2D eigenvalue weighted by atomic mass is 10.2. The van der Waals surface area contributed by atoms with Gasteiger partial charge in [0.1, 0.15) is 12.0 Å². The summed E-state index contributed by atoms with van der Waals surface area (Å²) >= 11 is 0.